The van der Waals surface area contributed by atoms with Gasteiger partial charge in [-0.05, 0) is 20.8 Å². The molecule has 0 unspecified atom stereocenters. The fourth-order valence-electron chi connectivity index (χ4n) is 0.428. The van der Waals surface area contributed by atoms with Gasteiger partial charge in [-0.25, -0.2) is 0 Å². The molecule has 84 valence electrons. The van der Waals surface area contributed by atoms with Crippen LogP contribution in [0.25, 0.3) is 0 Å². The summed E-state index contributed by atoms with van der Waals surface area (Å²) in [5.41, 5.74) is 0. The Hall–Kier alpha value is -0.155. The average molecular weight is 224 g/mol. The zero-order valence-corrected chi connectivity index (χ0v) is 10.0. The maximum Gasteiger partial charge on any atom is 0.332 e. The second kappa shape index (κ2) is 12.8. The van der Waals surface area contributed by atoms with E-state index >= 15 is 0 Å². The highest BCUT2D eigenvalue weighted by atomic mass is 31.2. The maximum atomic E-state index is 9.00. The number of carbonyl (C=O) groups is 1. The van der Waals surface area contributed by atoms with Crippen LogP contribution in [-0.4, -0.2) is 38.6 Å². The third kappa shape index (κ3) is 17.8. The minimum absolute atomic E-state index is 0.645. The van der Waals surface area contributed by atoms with Crippen molar-refractivity contribution in [2.45, 2.75) is 20.8 Å². The number of carboxylic acid groups (broad SMARTS) is 1. The Morgan fingerprint density at radius 3 is 1.50 bits per heavy atom. The molecule has 0 aromatic rings. The lowest BCUT2D eigenvalue weighted by molar-refractivity contribution is 0.176. The minimum atomic E-state index is -1.06. The summed E-state index contributed by atoms with van der Waals surface area (Å²) < 4.78 is 15.4. The third-order valence-corrected chi connectivity index (χ3v) is 2.11. The van der Waals surface area contributed by atoms with Crippen LogP contribution in [0.3, 0.4) is 0 Å². The van der Waals surface area contributed by atoms with Gasteiger partial charge in [-0.15, -0.1) is 0 Å². The number of rotatable bonds is 6. The summed E-state index contributed by atoms with van der Waals surface area (Å²) in [5.74, 6) is -0.833. The average Bonchev–Trinajstić information content (AvgIpc) is 2.04. The summed E-state index contributed by atoms with van der Waals surface area (Å²) in [6.07, 6.45) is 0. The molecule has 0 saturated carbocycles. The molecular formula is C7H18BO5P. The van der Waals surface area contributed by atoms with E-state index in [0.29, 0.717) is 19.8 Å². The summed E-state index contributed by atoms with van der Waals surface area (Å²) in [6.45, 7) is 7.71. The molecule has 0 saturated heterocycles. The van der Waals surface area contributed by atoms with E-state index in [2.05, 4.69) is 0 Å². The van der Waals surface area contributed by atoms with Crippen LogP contribution in [0.2, 0.25) is 0 Å². The van der Waals surface area contributed by atoms with Gasteiger partial charge < -0.3 is 18.7 Å². The molecule has 0 spiro atoms. The van der Waals surface area contributed by atoms with E-state index in [9.17, 15) is 0 Å². The van der Waals surface area contributed by atoms with Crippen molar-refractivity contribution in [3.8, 4) is 0 Å². The summed E-state index contributed by atoms with van der Waals surface area (Å²) in [7, 11) is 0.0224. The molecule has 0 aliphatic rings. The highest BCUT2D eigenvalue weighted by Gasteiger charge is 2.07. The van der Waals surface area contributed by atoms with Gasteiger partial charge in [0.25, 0.3) is 0 Å². The number of hydrogen-bond acceptors (Lipinski definition) is 4. The van der Waals surface area contributed by atoms with Gasteiger partial charge in [-0.3, -0.25) is 4.79 Å². The van der Waals surface area contributed by atoms with Crippen molar-refractivity contribution in [1.29, 1.82) is 0 Å². The van der Waals surface area contributed by atoms with Crippen molar-refractivity contribution in [3.63, 3.8) is 0 Å². The van der Waals surface area contributed by atoms with Gasteiger partial charge in [0.05, 0.1) is 19.8 Å². The zero-order valence-electron chi connectivity index (χ0n) is 9.15. The zero-order chi connectivity index (χ0) is 11.4. The molecule has 0 amide bonds. The quantitative estimate of drug-likeness (QED) is 0.548. The molecule has 1 N–H and O–H groups in total. The Labute approximate surface area is 87.1 Å². The molecule has 14 heavy (non-hydrogen) atoms. The molecule has 0 aliphatic carbocycles. The molecule has 0 atom stereocenters. The molecule has 0 fully saturated rings. The third-order valence-electron chi connectivity index (χ3n) is 0.704. The fraction of sp³-hybridized carbons (Fsp3) is 0.857. The SMILES string of the molecule is BC(=O)O.CCOP(OCC)OCC. The van der Waals surface area contributed by atoms with Crippen LogP contribution in [0.15, 0.2) is 0 Å². The molecule has 7 heteroatoms. The Balaban J connectivity index is 0. The maximum absolute atomic E-state index is 9.00. The molecule has 0 bridgehead atoms. The van der Waals surface area contributed by atoms with Gasteiger partial charge in [-0.1, -0.05) is 0 Å². The highest BCUT2D eigenvalue weighted by molar-refractivity contribution is 7.41. The smallest absolute Gasteiger partial charge is 0.332 e. The van der Waals surface area contributed by atoms with Crippen molar-refractivity contribution < 1.29 is 23.5 Å². The van der Waals surface area contributed by atoms with E-state index in [-0.39, 0.29) is 0 Å². The summed E-state index contributed by atoms with van der Waals surface area (Å²) in [4.78, 5) is 9.00. The Morgan fingerprint density at radius 2 is 1.36 bits per heavy atom. The van der Waals surface area contributed by atoms with Crippen LogP contribution in [0.1, 0.15) is 20.8 Å². The van der Waals surface area contributed by atoms with E-state index in [4.69, 9.17) is 23.5 Å². The molecule has 0 radical (unpaired) electrons. The van der Waals surface area contributed by atoms with Gasteiger partial charge in [-0.2, -0.15) is 0 Å². The molecule has 0 heterocycles. The second-order valence-corrected chi connectivity index (χ2v) is 3.22. The van der Waals surface area contributed by atoms with Gasteiger partial charge in [0.1, 0.15) is 0 Å². The Morgan fingerprint density at radius 1 is 1.14 bits per heavy atom. The van der Waals surface area contributed by atoms with E-state index in [1.54, 1.807) is 0 Å². The number of hydrogen-bond donors (Lipinski definition) is 1. The minimum Gasteiger partial charge on any atom is -0.490 e. The summed E-state index contributed by atoms with van der Waals surface area (Å²) in [5, 5.41) is 7.42. The summed E-state index contributed by atoms with van der Waals surface area (Å²) >= 11 is 0. The molecule has 0 aromatic carbocycles. The highest BCUT2D eigenvalue weighted by Crippen LogP contribution is 2.38. The normalized spacial score (nSPS) is 9.43. The first-order valence-electron chi connectivity index (χ1n) is 4.46. The predicted molar refractivity (Wildman–Crippen MR) is 58.4 cm³/mol. The molecular weight excluding hydrogens is 206 g/mol. The van der Waals surface area contributed by atoms with Crippen LogP contribution < -0.4 is 0 Å². The van der Waals surface area contributed by atoms with Crippen molar-refractivity contribution in [1.82, 2.24) is 0 Å². The van der Waals surface area contributed by atoms with Crippen LogP contribution in [0.4, 0.5) is 4.79 Å². The molecule has 0 aliphatic heterocycles. The topological polar surface area (TPSA) is 65.0 Å². The fourth-order valence-corrected chi connectivity index (χ4v) is 1.28. The van der Waals surface area contributed by atoms with Crippen molar-refractivity contribution in [2.24, 2.45) is 0 Å². The first-order valence-corrected chi connectivity index (χ1v) is 5.56. The first-order chi connectivity index (χ1) is 6.58. The monoisotopic (exact) mass is 224 g/mol. The van der Waals surface area contributed by atoms with Crippen LogP contribution in [0.5, 0.6) is 0 Å². The lowest BCUT2D eigenvalue weighted by Crippen LogP contribution is -1.94. The van der Waals surface area contributed by atoms with Crippen LogP contribution >= 0.6 is 8.60 Å². The Kier molecular flexibility index (Phi) is 14.9. The molecule has 0 aromatic heterocycles. The van der Waals surface area contributed by atoms with Gasteiger partial charge in [0.15, 0.2) is 0 Å². The van der Waals surface area contributed by atoms with E-state index in [1.165, 1.54) is 0 Å². The predicted octanol–water partition coefficient (Wildman–Crippen LogP) is 1.62. The lowest BCUT2D eigenvalue weighted by atomic mass is 10.2. The van der Waals surface area contributed by atoms with Crippen LogP contribution in [0, 0.1) is 0 Å². The van der Waals surface area contributed by atoms with Crippen molar-refractivity contribution >= 4 is 22.3 Å². The summed E-state index contributed by atoms with van der Waals surface area (Å²) in [6, 6.07) is 0. The molecule has 5 nitrogen and oxygen atoms in total. The van der Waals surface area contributed by atoms with Gasteiger partial charge in [0.2, 0.25) is 13.7 Å². The Bertz CT molecular complexity index is 117. The van der Waals surface area contributed by atoms with E-state index < -0.39 is 14.5 Å². The standard InChI is InChI=1S/C6H15O3P.CH3BO2/c1-4-7-10(8-5-2)9-6-3;2-1(3)4/h4-6H2,1-3H3;2H2,(H,3,4). The van der Waals surface area contributed by atoms with Crippen LogP contribution in [-0.2, 0) is 13.6 Å². The van der Waals surface area contributed by atoms with Crippen molar-refractivity contribution in [2.75, 3.05) is 19.8 Å². The largest absolute Gasteiger partial charge is 0.490 e. The lowest BCUT2D eigenvalue weighted by Gasteiger charge is -2.12. The van der Waals surface area contributed by atoms with Crippen molar-refractivity contribution in [3.05, 3.63) is 0 Å². The molecule has 0 rings (SSSR count). The van der Waals surface area contributed by atoms with E-state index in [1.807, 2.05) is 20.8 Å². The van der Waals surface area contributed by atoms with Gasteiger partial charge >= 0.3 is 8.60 Å². The second-order valence-electron chi connectivity index (χ2n) is 2.00. The first kappa shape index (κ1) is 16.3. The van der Waals surface area contributed by atoms with Gasteiger partial charge in [0, 0.05) is 0 Å². The van der Waals surface area contributed by atoms with E-state index in [0.717, 1.165) is 7.85 Å².